The van der Waals surface area contributed by atoms with E-state index >= 15 is 0 Å². The molecule has 0 heterocycles. The van der Waals surface area contributed by atoms with E-state index in [-0.39, 0.29) is 12.8 Å². The minimum Gasteiger partial charge on any atom is -0.462 e. The third-order valence-electron chi connectivity index (χ3n) is 10.8. The van der Waals surface area contributed by atoms with Crippen LogP contribution in [-0.2, 0) is 32.7 Å². The molecular weight excluding hydrogens is 827 g/mol. The van der Waals surface area contributed by atoms with Crippen LogP contribution in [0, 0.1) is 0 Å². The molecule has 14 heteroatoms. The number of ether oxygens (including phenoxy) is 2. The molecule has 0 aromatic rings. The molecule has 1 saturated carbocycles. The van der Waals surface area contributed by atoms with Crippen LogP contribution in [0.2, 0.25) is 0 Å². The average Bonchev–Trinajstić information content (AvgIpc) is 3.26. The lowest BCUT2D eigenvalue weighted by Gasteiger charge is -2.41. The molecule has 63 heavy (non-hydrogen) atoms. The van der Waals surface area contributed by atoms with E-state index < -0.39 is 75.7 Å². The van der Waals surface area contributed by atoms with Crippen LogP contribution in [0.15, 0.2) is 60.8 Å². The number of esters is 2. The number of hydrogen-bond acceptors (Lipinski definition) is 12. The zero-order chi connectivity index (χ0) is 46.4. The second kappa shape index (κ2) is 38.8. The number of carbonyl (C=O) groups excluding carboxylic acids is 2. The molecule has 0 radical (unpaired) electrons. The summed E-state index contributed by atoms with van der Waals surface area (Å²) in [6.45, 7) is 3.19. The van der Waals surface area contributed by atoms with E-state index in [1.165, 1.54) is 64.2 Å². The molecule has 1 fully saturated rings. The van der Waals surface area contributed by atoms with Gasteiger partial charge in [-0.1, -0.05) is 152 Å². The fourth-order valence-corrected chi connectivity index (χ4v) is 7.89. The van der Waals surface area contributed by atoms with Crippen LogP contribution in [0.3, 0.4) is 0 Å². The molecule has 0 aromatic heterocycles. The monoisotopic (exact) mass is 913 g/mol. The SMILES string of the molecule is CCC/C=C/C/C=C/C/C=C/C/C=C/CCCCCC(=O)OC[C@@H](COP(=O)(O)OC1C(O)C(O)C(O)[C@H](O)C1O)OC(=O)CCCCCCCCCCC/C=C/CCCCCC. The molecule has 1 aliphatic carbocycles. The molecule has 0 bridgehead atoms. The van der Waals surface area contributed by atoms with Crippen molar-refractivity contribution >= 4 is 19.8 Å². The molecule has 6 N–H and O–H groups in total. The smallest absolute Gasteiger partial charge is 0.462 e. The zero-order valence-electron chi connectivity index (χ0n) is 38.6. The van der Waals surface area contributed by atoms with Crippen LogP contribution in [0.25, 0.3) is 0 Å². The highest BCUT2D eigenvalue weighted by molar-refractivity contribution is 7.47. The van der Waals surface area contributed by atoms with Crippen molar-refractivity contribution in [2.75, 3.05) is 13.2 Å². The van der Waals surface area contributed by atoms with Crippen molar-refractivity contribution in [3.05, 3.63) is 60.8 Å². The Morgan fingerprint density at radius 2 is 0.889 bits per heavy atom. The highest BCUT2D eigenvalue weighted by atomic mass is 31.2. The van der Waals surface area contributed by atoms with E-state index in [0.717, 1.165) is 77.0 Å². The average molecular weight is 913 g/mol. The van der Waals surface area contributed by atoms with Crippen LogP contribution in [-0.4, -0.2) is 98.3 Å². The molecule has 364 valence electrons. The van der Waals surface area contributed by atoms with Crippen LogP contribution in [0.5, 0.6) is 0 Å². The number of phosphoric ester groups is 1. The summed E-state index contributed by atoms with van der Waals surface area (Å²) < 4.78 is 33.5. The number of aliphatic hydroxyl groups is 5. The topological polar surface area (TPSA) is 210 Å². The first-order chi connectivity index (χ1) is 30.4. The number of allylic oxidation sites excluding steroid dienone is 10. The molecule has 0 spiro atoms. The van der Waals surface area contributed by atoms with E-state index in [4.69, 9.17) is 18.5 Å². The van der Waals surface area contributed by atoms with Crippen molar-refractivity contribution in [2.24, 2.45) is 0 Å². The van der Waals surface area contributed by atoms with Crippen molar-refractivity contribution in [2.45, 2.75) is 224 Å². The lowest BCUT2D eigenvalue weighted by molar-refractivity contribution is -0.220. The summed E-state index contributed by atoms with van der Waals surface area (Å²) in [6.07, 6.45) is 34.1. The van der Waals surface area contributed by atoms with Crippen molar-refractivity contribution in [3.63, 3.8) is 0 Å². The van der Waals surface area contributed by atoms with E-state index in [2.05, 4.69) is 74.6 Å². The number of rotatable bonds is 39. The van der Waals surface area contributed by atoms with E-state index in [1.807, 2.05) is 0 Å². The summed E-state index contributed by atoms with van der Waals surface area (Å²) in [4.78, 5) is 35.7. The number of hydrogen-bond donors (Lipinski definition) is 6. The van der Waals surface area contributed by atoms with Gasteiger partial charge in [-0.15, -0.1) is 0 Å². The molecule has 1 rings (SSSR count). The van der Waals surface area contributed by atoms with Gasteiger partial charge in [0.05, 0.1) is 6.61 Å². The van der Waals surface area contributed by atoms with Crippen molar-refractivity contribution < 1.29 is 63.1 Å². The molecular formula is C49H85O13P. The number of carbonyl (C=O) groups is 2. The summed E-state index contributed by atoms with van der Waals surface area (Å²) in [6, 6.07) is 0. The Kier molecular flexibility index (Phi) is 36.1. The maximum Gasteiger partial charge on any atom is 0.472 e. The second-order valence-corrected chi connectivity index (χ2v) is 18.0. The van der Waals surface area contributed by atoms with Gasteiger partial charge in [0.2, 0.25) is 0 Å². The molecule has 0 saturated heterocycles. The molecule has 0 aromatic carbocycles. The Labute approximate surface area is 379 Å². The van der Waals surface area contributed by atoms with E-state index in [0.29, 0.717) is 12.8 Å². The first-order valence-corrected chi connectivity index (χ1v) is 25.6. The Bertz CT molecular complexity index is 1330. The standard InChI is InChI=1S/C49H85O13P/c1-3-5-7-9-11-13-15-17-19-21-23-25-27-29-31-33-35-37-42(50)59-39-41(40-60-63(57,58)62-49-47(55)45(53)44(52)46(54)48(49)56)61-43(51)38-36-34-32-30-28-26-24-22-20-18-16-14-12-10-8-6-4-2/h7,9,13-16,19,21,25,27,41,44-49,52-56H,3-6,8,10-12,17-18,20,22-24,26,28-40H2,1-2H3,(H,57,58)/b9-7+,15-13+,16-14+,21-19+,27-25+/t41-,44?,45-,46?,47?,48?,49?/m0/s1. The second-order valence-electron chi connectivity index (χ2n) is 16.6. The quantitative estimate of drug-likeness (QED) is 0.0147. The summed E-state index contributed by atoms with van der Waals surface area (Å²) >= 11 is 0. The lowest BCUT2D eigenvalue weighted by atomic mass is 9.85. The molecule has 1 aliphatic rings. The third kappa shape index (κ3) is 31.2. The van der Waals surface area contributed by atoms with Gasteiger partial charge in [0, 0.05) is 12.8 Å². The van der Waals surface area contributed by atoms with Gasteiger partial charge in [-0.3, -0.25) is 18.6 Å². The number of aliphatic hydroxyl groups excluding tert-OH is 5. The molecule has 6 unspecified atom stereocenters. The van der Waals surface area contributed by atoms with Gasteiger partial charge in [0.15, 0.2) is 6.10 Å². The summed E-state index contributed by atoms with van der Waals surface area (Å²) in [5.41, 5.74) is 0. The van der Waals surface area contributed by atoms with Gasteiger partial charge >= 0.3 is 19.8 Å². The van der Waals surface area contributed by atoms with Crippen LogP contribution < -0.4 is 0 Å². The number of phosphoric acid groups is 1. The minimum atomic E-state index is -5.13. The van der Waals surface area contributed by atoms with Crippen LogP contribution >= 0.6 is 7.82 Å². The fourth-order valence-electron chi connectivity index (χ4n) is 6.92. The Hall–Kier alpha value is -2.45. The minimum absolute atomic E-state index is 0.0851. The van der Waals surface area contributed by atoms with Gasteiger partial charge in [-0.2, -0.15) is 0 Å². The number of unbranched alkanes of at least 4 members (excludes halogenated alkanes) is 17. The molecule has 8 atom stereocenters. The summed E-state index contributed by atoms with van der Waals surface area (Å²) in [5, 5.41) is 50.2. The Morgan fingerprint density at radius 3 is 1.40 bits per heavy atom. The molecule has 13 nitrogen and oxygen atoms in total. The molecule has 0 aliphatic heterocycles. The van der Waals surface area contributed by atoms with Crippen LogP contribution in [0.1, 0.15) is 181 Å². The van der Waals surface area contributed by atoms with Gasteiger partial charge in [-0.05, 0) is 77.0 Å². The maximum atomic E-state index is 12.8. The Balaban J connectivity index is 2.47. The zero-order valence-corrected chi connectivity index (χ0v) is 39.5. The third-order valence-corrected chi connectivity index (χ3v) is 11.8. The fraction of sp³-hybridized carbons (Fsp3) is 0.755. The largest absolute Gasteiger partial charge is 0.472 e. The van der Waals surface area contributed by atoms with Crippen LogP contribution in [0.4, 0.5) is 0 Å². The highest BCUT2D eigenvalue weighted by Crippen LogP contribution is 2.47. The van der Waals surface area contributed by atoms with E-state index in [1.54, 1.807) is 0 Å². The molecule has 0 amide bonds. The summed E-state index contributed by atoms with van der Waals surface area (Å²) in [5.74, 6) is -1.14. The van der Waals surface area contributed by atoms with Gasteiger partial charge in [0.1, 0.15) is 43.2 Å². The van der Waals surface area contributed by atoms with E-state index in [9.17, 15) is 44.6 Å². The van der Waals surface area contributed by atoms with Gasteiger partial charge in [0.25, 0.3) is 0 Å². The van der Waals surface area contributed by atoms with Crippen molar-refractivity contribution in [3.8, 4) is 0 Å². The van der Waals surface area contributed by atoms with Gasteiger partial charge < -0.3 is 39.9 Å². The first kappa shape index (κ1) is 58.6. The normalized spacial score (nSPS) is 22.2. The van der Waals surface area contributed by atoms with Crippen molar-refractivity contribution in [1.82, 2.24) is 0 Å². The first-order valence-electron chi connectivity index (χ1n) is 24.1. The van der Waals surface area contributed by atoms with Crippen molar-refractivity contribution in [1.29, 1.82) is 0 Å². The Morgan fingerprint density at radius 1 is 0.492 bits per heavy atom. The predicted molar refractivity (Wildman–Crippen MR) is 249 cm³/mol. The highest BCUT2D eigenvalue weighted by Gasteiger charge is 2.51. The predicted octanol–water partition coefficient (Wildman–Crippen LogP) is 9.73. The summed E-state index contributed by atoms with van der Waals surface area (Å²) in [7, 11) is -5.13. The lowest BCUT2D eigenvalue weighted by Crippen LogP contribution is -2.64. The maximum absolute atomic E-state index is 12.8. The van der Waals surface area contributed by atoms with Gasteiger partial charge in [-0.25, -0.2) is 4.57 Å².